The number of nitrogens with two attached hydrogens (primary N) is 1. The fourth-order valence-electron chi connectivity index (χ4n) is 1.44. The normalized spacial score (nSPS) is 11.8. The molecule has 1 atom stereocenters. The lowest BCUT2D eigenvalue weighted by molar-refractivity contribution is -0.385. The molecule has 116 valence electrons. The number of non-ortho nitro benzene ring substituents is 1. The first-order valence-electron chi connectivity index (χ1n) is 6.05. The highest BCUT2D eigenvalue weighted by molar-refractivity contribution is 9.11. The highest BCUT2D eigenvalue weighted by Crippen LogP contribution is 2.37. The lowest BCUT2D eigenvalue weighted by Crippen LogP contribution is -2.33. The quantitative estimate of drug-likeness (QED) is 0.409. The number of hydrogen-bond donors (Lipinski definition) is 1. The van der Waals surface area contributed by atoms with Gasteiger partial charge in [-0.25, -0.2) is 0 Å². The Kier molecular flexibility index (Phi) is 7.06. The average molecular weight is 426 g/mol. The SMILES string of the molecule is CCOC(=O)C(N)CCOc1c(Br)cc([N+](=O)[O-])cc1Br. The van der Waals surface area contributed by atoms with Crippen molar-refractivity contribution in [3.8, 4) is 5.75 Å². The third-order valence-corrected chi connectivity index (χ3v) is 3.64. The van der Waals surface area contributed by atoms with Crippen LogP contribution in [0.25, 0.3) is 0 Å². The zero-order chi connectivity index (χ0) is 16.0. The van der Waals surface area contributed by atoms with E-state index in [-0.39, 0.29) is 25.3 Å². The van der Waals surface area contributed by atoms with Crippen LogP contribution in [0, 0.1) is 10.1 Å². The summed E-state index contributed by atoms with van der Waals surface area (Å²) < 4.78 is 11.2. The molecule has 0 bridgehead atoms. The van der Waals surface area contributed by atoms with Gasteiger partial charge in [0.2, 0.25) is 0 Å². The average Bonchev–Trinajstić information content (AvgIpc) is 2.41. The molecule has 0 spiro atoms. The molecule has 1 aromatic carbocycles. The minimum absolute atomic E-state index is 0.0654. The van der Waals surface area contributed by atoms with Gasteiger partial charge in [-0.1, -0.05) is 0 Å². The molecule has 21 heavy (non-hydrogen) atoms. The summed E-state index contributed by atoms with van der Waals surface area (Å²) in [6.07, 6.45) is 0.273. The monoisotopic (exact) mass is 424 g/mol. The number of hydrogen-bond acceptors (Lipinski definition) is 6. The lowest BCUT2D eigenvalue weighted by atomic mass is 10.2. The molecule has 0 saturated heterocycles. The maximum Gasteiger partial charge on any atom is 0.323 e. The van der Waals surface area contributed by atoms with Crippen molar-refractivity contribution in [3.63, 3.8) is 0 Å². The highest BCUT2D eigenvalue weighted by atomic mass is 79.9. The van der Waals surface area contributed by atoms with Gasteiger partial charge in [0.15, 0.2) is 0 Å². The number of carbonyl (C=O) groups is 1. The molecular formula is C12H14Br2N2O5. The van der Waals surface area contributed by atoms with Crippen LogP contribution in [0.1, 0.15) is 13.3 Å². The van der Waals surface area contributed by atoms with Crippen LogP contribution in [0.5, 0.6) is 5.75 Å². The van der Waals surface area contributed by atoms with E-state index in [4.69, 9.17) is 15.2 Å². The molecular weight excluding hydrogens is 412 g/mol. The van der Waals surface area contributed by atoms with Crippen molar-refractivity contribution < 1.29 is 19.2 Å². The highest BCUT2D eigenvalue weighted by Gasteiger charge is 2.17. The first kappa shape index (κ1) is 17.9. The van der Waals surface area contributed by atoms with E-state index in [1.54, 1.807) is 6.92 Å². The number of ether oxygens (including phenoxy) is 2. The van der Waals surface area contributed by atoms with Crippen molar-refractivity contribution in [2.24, 2.45) is 5.73 Å². The Bertz CT molecular complexity index is 515. The van der Waals surface area contributed by atoms with E-state index in [1.807, 2.05) is 0 Å². The smallest absolute Gasteiger partial charge is 0.323 e. The van der Waals surface area contributed by atoms with E-state index in [0.717, 1.165) is 0 Å². The molecule has 0 heterocycles. The molecule has 9 heteroatoms. The zero-order valence-corrected chi connectivity index (χ0v) is 14.3. The van der Waals surface area contributed by atoms with Gasteiger partial charge in [0, 0.05) is 18.6 Å². The second-order valence-corrected chi connectivity index (χ2v) is 5.70. The summed E-state index contributed by atoms with van der Waals surface area (Å²) in [5, 5.41) is 10.7. The molecule has 0 radical (unpaired) electrons. The maximum absolute atomic E-state index is 11.3. The lowest BCUT2D eigenvalue weighted by Gasteiger charge is -2.13. The maximum atomic E-state index is 11.3. The number of rotatable bonds is 7. The number of carbonyl (C=O) groups excluding carboxylic acids is 1. The first-order chi connectivity index (χ1) is 9.86. The van der Waals surface area contributed by atoms with E-state index in [0.29, 0.717) is 14.7 Å². The van der Waals surface area contributed by atoms with Crippen molar-refractivity contribution in [1.82, 2.24) is 0 Å². The molecule has 0 aromatic heterocycles. The molecule has 0 saturated carbocycles. The van der Waals surface area contributed by atoms with Crippen molar-refractivity contribution in [2.75, 3.05) is 13.2 Å². The van der Waals surface area contributed by atoms with Gasteiger partial charge >= 0.3 is 5.97 Å². The molecule has 1 aromatic rings. The zero-order valence-electron chi connectivity index (χ0n) is 11.2. The number of nitrogens with zero attached hydrogens (tertiary/aromatic N) is 1. The summed E-state index contributed by atoms with van der Waals surface area (Å²) in [7, 11) is 0. The van der Waals surface area contributed by atoms with E-state index in [2.05, 4.69) is 31.9 Å². The minimum Gasteiger partial charge on any atom is -0.491 e. The van der Waals surface area contributed by atoms with E-state index >= 15 is 0 Å². The van der Waals surface area contributed by atoms with Gasteiger partial charge in [-0.15, -0.1) is 0 Å². The Morgan fingerprint density at radius 1 is 1.43 bits per heavy atom. The number of esters is 1. The molecule has 1 rings (SSSR count). The van der Waals surface area contributed by atoms with E-state index < -0.39 is 16.9 Å². The predicted octanol–water partition coefficient (Wildman–Crippen LogP) is 2.78. The molecule has 7 nitrogen and oxygen atoms in total. The topological polar surface area (TPSA) is 105 Å². The van der Waals surface area contributed by atoms with Gasteiger partial charge in [0.25, 0.3) is 5.69 Å². The molecule has 0 aliphatic rings. The van der Waals surface area contributed by atoms with Crippen LogP contribution in [0.4, 0.5) is 5.69 Å². The van der Waals surface area contributed by atoms with Crippen molar-refractivity contribution in [3.05, 3.63) is 31.2 Å². The summed E-state index contributed by atoms with van der Waals surface area (Å²) in [6, 6.07) is 1.91. The number of nitro benzene ring substituents is 1. The molecule has 0 fully saturated rings. The third kappa shape index (κ3) is 5.25. The summed E-state index contributed by atoms with van der Waals surface area (Å²) in [5.74, 6) is -0.0698. The summed E-state index contributed by atoms with van der Waals surface area (Å²) >= 11 is 6.41. The van der Waals surface area contributed by atoms with Gasteiger partial charge in [0.1, 0.15) is 11.8 Å². The number of nitro groups is 1. The summed E-state index contributed by atoms with van der Waals surface area (Å²) in [6.45, 7) is 2.15. The second kappa shape index (κ2) is 8.30. The molecule has 1 unspecified atom stereocenters. The van der Waals surface area contributed by atoms with Crippen LogP contribution in [0.3, 0.4) is 0 Å². The van der Waals surface area contributed by atoms with Crippen LogP contribution < -0.4 is 10.5 Å². The Morgan fingerprint density at radius 2 is 2.00 bits per heavy atom. The number of halogens is 2. The number of benzene rings is 1. The predicted molar refractivity (Wildman–Crippen MR) is 83.2 cm³/mol. The van der Waals surface area contributed by atoms with Crippen LogP contribution in [0.2, 0.25) is 0 Å². The van der Waals surface area contributed by atoms with Crippen LogP contribution in [0.15, 0.2) is 21.1 Å². The Morgan fingerprint density at radius 3 is 2.48 bits per heavy atom. The van der Waals surface area contributed by atoms with Gasteiger partial charge in [-0.2, -0.15) is 0 Å². The van der Waals surface area contributed by atoms with E-state index in [1.165, 1.54) is 12.1 Å². The van der Waals surface area contributed by atoms with Gasteiger partial charge in [-0.3, -0.25) is 14.9 Å². The Balaban J connectivity index is 2.64. The van der Waals surface area contributed by atoms with Crippen LogP contribution in [-0.2, 0) is 9.53 Å². The summed E-state index contributed by atoms with van der Waals surface area (Å²) in [5.41, 5.74) is 5.57. The molecule has 0 aliphatic heterocycles. The largest absolute Gasteiger partial charge is 0.491 e. The van der Waals surface area contributed by atoms with Gasteiger partial charge < -0.3 is 15.2 Å². The standard InChI is InChI=1S/C12H14Br2N2O5/c1-2-20-12(17)10(15)3-4-21-11-8(13)5-7(16(18)19)6-9(11)14/h5-6,10H,2-4,15H2,1H3. The second-order valence-electron chi connectivity index (χ2n) is 3.99. The van der Waals surface area contributed by atoms with Gasteiger partial charge in [-0.05, 0) is 38.8 Å². The van der Waals surface area contributed by atoms with Crippen molar-refractivity contribution >= 4 is 43.5 Å². The van der Waals surface area contributed by atoms with E-state index in [9.17, 15) is 14.9 Å². The Hall–Kier alpha value is -1.19. The molecule has 0 aliphatic carbocycles. The van der Waals surface area contributed by atoms with Gasteiger partial charge in [0.05, 0.1) is 27.1 Å². The van der Waals surface area contributed by atoms with Crippen LogP contribution >= 0.6 is 31.9 Å². The third-order valence-electron chi connectivity index (χ3n) is 2.46. The summed E-state index contributed by atoms with van der Waals surface area (Å²) in [4.78, 5) is 21.6. The Labute approximate surface area is 138 Å². The molecule has 0 amide bonds. The van der Waals surface area contributed by atoms with Crippen molar-refractivity contribution in [1.29, 1.82) is 0 Å². The van der Waals surface area contributed by atoms with Crippen molar-refractivity contribution in [2.45, 2.75) is 19.4 Å². The molecule has 2 N–H and O–H groups in total. The fraction of sp³-hybridized carbons (Fsp3) is 0.417. The fourth-order valence-corrected chi connectivity index (χ4v) is 2.84. The minimum atomic E-state index is -0.763. The first-order valence-corrected chi connectivity index (χ1v) is 7.63. The van der Waals surface area contributed by atoms with Crippen LogP contribution in [-0.4, -0.2) is 30.1 Å².